The van der Waals surface area contributed by atoms with Gasteiger partial charge in [0.1, 0.15) is 5.75 Å². The van der Waals surface area contributed by atoms with Crippen LogP contribution in [0.25, 0.3) is 0 Å². The first-order chi connectivity index (χ1) is 11.5. The Kier molecular flexibility index (Phi) is 6.21. The quantitative estimate of drug-likeness (QED) is 0.813. The Labute approximate surface area is 145 Å². The van der Waals surface area contributed by atoms with E-state index in [-0.39, 0.29) is 6.42 Å². The Morgan fingerprint density at radius 1 is 1.17 bits per heavy atom. The standard InChI is InChI=1S/C18H18ClNO4/c1-12(24-17(21)10-13-6-4-3-5-7-13)18(22)20-15-11-14(19)8-9-16(15)23-2/h3-9,11-12H,10H2,1-2H3,(H,20,22)/t12-/m0/s1. The Hall–Kier alpha value is -2.53. The van der Waals surface area contributed by atoms with E-state index in [1.807, 2.05) is 30.3 Å². The van der Waals surface area contributed by atoms with Crippen molar-refractivity contribution >= 4 is 29.2 Å². The fraction of sp³-hybridized carbons (Fsp3) is 0.222. The molecule has 0 aliphatic carbocycles. The van der Waals surface area contributed by atoms with E-state index in [4.69, 9.17) is 21.1 Å². The SMILES string of the molecule is COc1ccc(Cl)cc1NC(=O)[C@H](C)OC(=O)Cc1ccccc1. The molecule has 0 unspecified atom stereocenters. The third-order valence-electron chi connectivity index (χ3n) is 3.29. The Morgan fingerprint density at radius 2 is 1.88 bits per heavy atom. The zero-order valence-electron chi connectivity index (χ0n) is 13.4. The molecule has 1 amide bonds. The van der Waals surface area contributed by atoms with E-state index in [1.165, 1.54) is 14.0 Å². The summed E-state index contributed by atoms with van der Waals surface area (Å²) in [6.07, 6.45) is -0.830. The monoisotopic (exact) mass is 347 g/mol. The van der Waals surface area contributed by atoms with Crippen LogP contribution in [-0.4, -0.2) is 25.1 Å². The third-order valence-corrected chi connectivity index (χ3v) is 3.52. The number of esters is 1. The fourth-order valence-corrected chi connectivity index (χ4v) is 2.24. The number of amides is 1. The fourth-order valence-electron chi connectivity index (χ4n) is 2.07. The molecule has 0 aliphatic heterocycles. The predicted octanol–water partition coefficient (Wildman–Crippen LogP) is 3.46. The number of benzene rings is 2. The molecule has 0 radical (unpaired) electrons. The van der Waals surface area contributed by atoms with Crippen LogP contribution < -0.4 is 10.1 Å². The number of hydrogen-bond donors (Lipinski definition) is 1. The van der Waals surface area contributed by atoms with Crippen molar-refractivity contribution in [2.75, 3.05) is 12.4 Å². The van der Waals surface area contributed by atoms with Crippen LogP contribution in [0.5, 0.6) is 5.75 Å². The molecule has 0 fully saturated rings. The molecule has 0 bridgehead atoms. The van der Waals surface area contributed by atoms with Gasteiger partial charge in [-0.15, -0.1) is 0 Å². The first kappa shape index (κ1) is 17.8. The van der Waals surface area contributed by atoms with E-state index in [0.717, 1.165) is 5.56 Å². The van der Waals surface area contributed by atoms with Gasteiger partial charge in [0.05, 0.1) is 19.2 Å². The highest BCUT2D eigenvalue weighted by atomic mass is 35.5. The molecule has 2 rings (SSSR count). The number of halogens is 1. The lowest BCUT2D eigenvalue weighted by molar-refractivity contribution is -0.152. The summed E-state index contributed by atoms with van der Waals surface area (Å²) in [6.45, 7) is 1.51. The minimum Gasteiger partial charge on any atom is -0.495 e. The van der Waals surface area contributed by atoms with Crippen molar-refractivity contribution in [3.05, 3.63) is 59.1 Å². The molecule has 0 aliphatic rings. The Balaban J connectivity index is 1.95. The number of carbonyl (C=O) groups excluding carboxylic acids is 2. The van der Waals surface area contributed by atoms with Crippen molar-refractivity contribution in [1.82, 2.24) is 0 Å². The van der Waals surface area contributed by atoms with Crippen molar-refractivity contribution in [3.8, 4) is 5.75 Å². The van der Waals surface area contributed by atoms with Crippen molar-refractivity contribution < 1.29 is 19.1 Å². The molecule has 126 valence electrons. The summed E-state index contributed by atoms with van der Waals surface area (Å²) in [5, 5.41) is 3.10. The first-order valence-corrected chi connectivity index (χ1v) is 7.75. The maximum atomic E-state index is 12.2. The number of nitrogens with one attached hydrogen (secondary N) is 1. The van der Waals surface area contributed by atoms with Crippen LogP contribution >= 0.6 is 11.6 Å². The molecule has 2 aromatic carbocycles. The molecule has 1 N–H and O–H groups in total. The van der Waals surface area contributed by atoms with Crippen LogP contribution in [0, 0.1) is 0 Å². The van der Waals surface area contributed by atoms with Crippen molar-refractivity contribution in [3.63, 3.8) is 0 Å². The number of methoxy groups -OCH3 is 1. The lowest BCUT2D eigenvalue weighted by atomic mass is 10.1. The topological polar surface area (TPSA) is 64.6 Å². The van der Waals surface area contributed by atoms with E-state index in [9.17, 15) is 9.59 Å². The summed E-state index contributed by atoms with van der Waals surface area (Å²) < 4.78 is 10.3. The maximum absolute atomic E-state index is 12.2. The second kappa shape index (κ2) is 8.36. The van der Waals surface area contributed by atoms with Gasteiger partial charge < -0.3 is 14.8 Å². The third kappa shape index (κ3) is 4.99. The second-order valence-corrected chi connectivity index (χ2v) is 5.56. The largest absolute Gasteiger partial charge is 0.495 e. The van der Waals surface area contributed by atoms with E-state index in [1.54, 1.807) is 18.2 Å². The van der Waals surface area contributed by atoms with Gasteiger partial charge in [0.15, 0.2) is 6.10 Å². The molecule has 0 saturated carbocycles. The van der Waals surface area contributed by atoms with Gasteiger partial charge >= 0.3 is 5.97 Å². The average molecular weight is 348 g/mol. The number of carbonyl (C=O) groups is 2. The summed E-state index contributed by atoms with van der Waals surface area (Å²) in [5.74, 6) is -0.463. The van der Waals surface area contributed by atoms with Crippen molar-refractivity contribution in [2.45, 2.75) is 19.4 Å². The molecular formula is C18H18ClNO4. The molecule has 1 atom stereocenters. The van der Waals surface area contributed by atoms with Gasteiger partial charge in [0.2, 0.25) is 0 Å². The van der Waals surface area contributed by atoms with Crippen LogP contribution in [-0.2, 0) is 20.7 Å². The highest BCUT2D eigenvalue weighted by Crippen LogP contribution is 2.27. The first-order valence-electron chi connectivity index (χ1n) is 7.37. The van der Waals surface area contributed by atoms with Crippen LogP contribution in [0.15, 0.2) is 48.5 Å². The lowest BCUT2D eigenvalue weighted by Gasteiger charge is -2.15. The number of rotatable bonds is 6. The van der Waals surface area contributed by atoms with Gasteiger partial charge in [-0.3, -0.25) is 9.59 Å². The van der Waals surface area contributed by atoms with E-state index < -0.39 is 18.0 Å². The Bertz CT molecular complexity index is 718. The molecule has 6 heteroatoms. The lowest BCUT2D eigenvalue weighted by Crippen LogP contribution is -2.30. The predicted molar refractivity (Wildman–Crippen MR) is 92.3 cm³/mol. The molecular weight excluding hydrogens is 330 g/mol. The highest BCUT2D eigenvalue weighted by molar-refractivity contribution is 6.31. The second-order valence-electron chi connectivity index (χ2n) is 5.13. The number of anilines is 1. The van der Waals surface area contributed by atoms with Gasteiger partial charge in [-0.25, -0.2) is 0 Å². The minimum absolute atomic E-state index is 0.110. The van der Waals surface area contributed by atoms with Crippen LogP contribution in [0.2, 0.25) is 5.02 Å². The smallest absolute Gasteiger partial charge is 0.311 e. The van der Waals surface area contributed by atoms with Gasteiger partial charge in [-0.2, -0.15) is 0 Å². The Morgan fingerprint density at radius 3 is 2.54 bits per heavy atom. The van der Waals surface area contributed by atoms with Gasteiger partial charge in [-0.1, -0.05) is 41.9 Å². The normalized spacial score (nSPS) is 11.5. The maximum Gasteiger partial charge on any atom is 0.311 e. The van der Waals surface area contributed by atoms with Crippen molar-refractivity contribution in [2.24, 2.45) is 0 Å². The van der Waals surface area contributed by atoms with E-state index in [2.05, 4.69) is 5.32 Å². The highest BCUT2D eigenvalue weighted by Gasteiger charge is 2.19. The van der Waals surface area contributed by atoms with Crippen molar-refractivity contribution in [1.29, 1.82) is 0 Å². The molecule has 5 nitrogen and oxygen atoms in total. The molecule has 0 aromatic heterocycles. The van der Waals surface area contributed by atoms with E-state index in [0.29, 0.717) is 16.5 Å². The van der Waals surface area contributed by atoms with E-state index >= 15 is 0 Å². The summed E-state index contributed by atoms with van der Waals surface area (Å²) in [7, 11) is 1.49. The van der Waals surface area contributed by atoms with Gasteiger partial charge in [0.25, 0.3) is 5.91 Å². The molecule has 0 spiro atoms. The van der Waals surface area contributed by atoms with Crippen LogP contribution in [0.4, 0.5) is 5.69 Å². The molecule has 2 aromatic rings. The van der Waals surface area contributed by atoms with Crippen LogP contribution in [0.1, 0.15) is 12.5 Å². The number of hydrogen-bond acceptors (Lipinski definition) is 4. The summed E-state index contributed by atoms with van der Waals surface area (Å²) in [4.78, 5) is 24.1. The summed E-state index contributed by atoms with van der Waals surface area (Å²) >= 11 is 5.92. The molecule has 24 heavy (non-hydrogen) atoms. The molecule has 0 saturated heterocycles. The van der Waals surface area contributed by atoms with Gasteiger partial charge in [-0.05, 0) is 30.7 Å². The summed E-state index contributed by atoms with van der Waals surface area (Å²) in [6, 6.07) is 14.0. The zero-order valence-corrected chi connectivity index (χ0v) is 14.2. The van der Waals surface area contributed by atoms with Gasteiger partial charge in [0, 0.05) is 5.02 Å². The number of ether oxygens (including phenoxy) is 2. The van der Waals surface area contributed by atoms with Crippen LogP contribution in [0.3, 0.4) is 0 Å². The summed E-state index contributed by atoms with van der Waals surface area (Å²) in [5.41, 5.74) is 1.24. The molecule has 0 heterocycles. The minimum atomic E-state index is -0.940. The zero-order chi connectivity index (χ0) is 17.5. The average Bonchev–Trinajstić information content (AvgIpc) is 2.55.